The average Bonchev–Trinajstić information content (AvgIpc) is 2.78. The number of anilines is 1. The van der Waals surface area contributed by atoms with Crippen LogP contribution >= 0.6 is 27.3 Å². The van der Waals surface area contributed by atoms with Crippen molar-refractivity contribution in [3.05, 3.63) is 39.1 Å². The number of aromatic nitrogens is 1. The first-order chi connectivity index (χ1) is 8.70. The predicted octanol–water partition coefficient (Wildman–Crippen LogP) is 3.56. The molecule has 0 radical (unpaired) electrons. The number of carbonyl (C=O) groups excluding carboxylic acids is 1. The van der Waals surface area contributed by atoms with Crippen LogP contribution in [0.25, 0.3) is 0 Å². The summed E-state index contributed by atoms with van der Waals surface area (Å²) in [5.41, 5.74) is 0.642. The van der Waals surface area contributed by atoms with Crippen molar-refractivity contribution in [2.75, 3.05) is 11.9 Å². The molecule has 18 heavy (non-hydrogen) atoms. The topological polar surface area (TPSA) is 51.2 Å². The number of ether oxygens (including phenoxy) is 1. The third kappa shape index (κ3) is 3.08. The second kappa shape index (κ2) is 5.97. The summed E-state index contributed by atoms with van der Waals surface area (Å²) in [4.78, 5) is 16.6. The average molecular weight is 327 g/mol. The quantitative estimate of drug-likeness (QED) is 0.934. The van der Waals surface area contributed by atoms with Crippen LogP contribution in [0.2, 0.25) is 0 Å². The number of nitrogens with zero attached hydrogens (tertiary/aromatic N) is 1. The Balaban J connectivity index is 2.05. The Labute approximate surface area is 117 Å². The minimum atomic E-state index is -0.150. The first kappa shape index (κ1) is 13.0. The van der Waals surface area contributed by atoms with E-state index in [1.165, 1.54) is 11.3 Å². The lowest BCUT2D eigenvalue weighted by Crippen LogP contribution is -2.10. The molecule has 2 heterocycles. The normalized spacial score (nSPS) is 10.1. The molecule has 2 aromatic heterocycles. The van der Waals surface area contributed by atoms with E-state index in [4.69, 9.17) is 4.74 Å². The molecule has 0 atom stereocenters. The summed E-state index contributed by atoms with van der Waals surface area (Å²) in [5, 5.41) is 4.63. The van der Waals surface area contributed by atoms with E-state index in [2.05, 4.69) is 26.2 Å². The van der Waals surface area contributed by atoms with Crippen molar-refractivity contribution in [2.45, 2.75) is 6.92 Å². The zero-order valence-corrected chi connectivity index (χ0v) is 12.0. The lowest BCUT2D eigenvalue weighted by atomic mass is 10.4. The number of pyridine rings is 1. The number of hydrogen-bond donors (Lipinski definition) is 1. The van der Waals surface area contributed by atoms with Crippen LogP contribution in [-0.2, 0) is 0 Å². The Kier molecular flexibility index (Phi) is 4.33. The second-order valence-corrected chi connectivity index (χ2v) is 5.14. The lowest BCUT2D eigenvalue weighted by Gasteiger charge is -2.05. The van der Waals surface area contributed by atoms with Crippen LogP contribution in [0, 0.1) is 0 Å². The molecule has 0 aromatic carbocycles. The Morgan fingerprint density at radius 1 is 1.50 bits per heavy atom. The van der Waals surface area contributed by atoms with Crippen LogP contribution in [0.5, 0.6) is 5.88 Å². The Morgan fingerprint density at radius 3 is 2.89 bits per heavy atom. The third-order valence-corrected chi connectivity index (χ3v) is 3.95. The van der Waals surface area contributed by atoms with E-state index >= 15 is 0 Å². The molecular formula is C12H11BrN2O2S. The summed E-state index contributed by atoms with van der Waals surface area (Å²) in [7, 11) is 0. The van der Waals surface area contributed by atoms with Gasteiger partial charge in [-0.3, -0.25) is 4.79 Å². The maximum atomic E-state index is 11.9. The third-order valence-electron chi connectivity index (χ3n) is 2.11. The van der Waals surface area contributed by atoms with Gasteiger partial charge in [0.15, 0.2) is 0 Å². The molecule has 1 amide bonds. The Bertz CT molecular complexity index is 539. The van der Waals surface area contributed by atoms with Crippen molar-refractivity contribution in [1.29, 1.82) is 0 Å². The summed E-state index contributed by atoms with van der Waals surface area (Å²) >= 11 is 4.71. The molecule has 1 N–H and O–H groups in total. The van der Waals surface area contributed by atoms with Gasteiger partial charge in [0.25, 0.3) is 5.91 Å². The van der Waals surface area contributed by atoms with Gasteiger partial charge in [0.1, 0.15) is 4.88 Å². The molecule has 0 aliphatic carbocycles. The Hall–Kier alpha value is -1.40. The molecule has 0 aliphatic rings. The molecule has 2 aromatic rings. The van der Waals surface area contributed by atoms with Gasteiger partial charge in [-0.25, -0.2) is 4.98 Å². The van der Waals surface area contributed by atoms with Gasteiger partial charge in [-0.15, -0.1) is 11.3 Å². The summed E-state index contributed by atoms with van der Waals surface area (Å²) in [5.74, 6) is 0.399. The molecule has 0 saturated heterocycles. The first-order valence-corrected chi connectivity index (χ1v) is 7.01. The molecule has 94 valence electrons. The molecular weight excluding hydrogens is 316 g/mol. The highest BCUT2D eigenvalue weighted by Crippen LogP contribution is 2.23. The van der Waals surface area contributed by atoms with Gasteiger partial charge in [0.05, 0.1) is 18.5 Å². The van der Waals surface area contributed by atoms with Crippen LogP contribution in [0.4, 0.5) is 5.69 Å². The van der Waals surface area contributed by atoms with E-state index in [0.29, 0.717) is 23.1 Å². The van der Waals surface area contributed by atoms with Crippen molar-refractivity contribution in [1.82, 2.24) is 4.98 Å². The highest BCUT2D eigenvalue weighted by Gasteiger charge is 2.11. The number of carbonyl (C=O) groups is 1. The molecule has 6 heteroatoms. The van der Waals surface area contributed by atoms with Crippen molar-refractivity contribution >= 4 is 38.9 Å². The van der Waals surface area contributed by atoms with Gasteiger partial charge in [-0.2, -0.15) is 0 Å². The summed E-state index contributed by atoms with van der Waals surface area (Å²) < 4.78 is 6.02. The molecule has 2 rings (SSSR count). The highest BCUT2D eigenvalue weighted by atomic mass is 79.9. The maximum absolute atomic E-state index is 11.9. The van der Waals surface area contributed by atoms with Gasteiger partial charge >= 0.3 is 0 Å². The van der Waals surface area contributed by atoms with Crippen molar-refractivity contribution in [2.24, 2.45) is 0 Å². The molecule has 0 fully saturated rings. The van der Waals surface area contributed by atoms with Gasteiger partial charge in [0, 0.05) is 10.5 Å². The summed E-state index contributed by atoms with van der Waals surface area (Å²) in [6, 6.07) is 5.33. The molecule has 0 spiro atoms. The van der Waals surface area contributed by atoms with Crippen LogP contribution < -0.4 is 10.1 Å². The number of amides is 1. The van der Waals surface area contributed by atoms with E-state index < -0.39 is 0 Å². The fraction of sp³-hybridized carbons (Fsp3) is 0.167. The van der Waals surface area contributed by atoms with Gasteiger partial charge in [-0.05, 0) is 40.4 Å². The van der Waals surface area contributed by atoms with Crippen molar-refractivity contribution in [3.63, 3.8) is 0 Å². The number of rotatable bonds is 4. The van der Waals surface area contributed by atoms with E-state index in [-0.39, 0.29) is 5.91 Å². The lowest BCUT2D eigenvalue weighted by molar-refractivity contribution is 0.103. The molecule has 0 aliphatic heterocycles. The Morgan fingerprint density at radius 2 is 2.33 bits per heavy atom. The SMILES string of the molecule is CCOc1ccc(NC(=O)c2sccc2Br)cn1. The smallest absolute Gasteiger partial charge is 0.266 e. The van der Waals surface area contributed by atoms with Crippen LogP contribution in [-0.4, -0.2) is 17.5 Å². The molecule has 0 bridgehead atoms. The van der Waals surface area contributed by atoms with Gasteiger partial charge in [0.2, 0.25) is 5.88 Å². The minimum absolute atomic E-state index is 0.150. The van der Waals surface area contributed by atoms with E-state index in [9.17, 15) is 4.79 Å². The van der Waals surface area contributed by atoms with Gasteiger partial charge < -0.3 is 10.1 Å². The zero-order chi connectivity index (χ0) is 13.0. The van der Waals surface area contributed by atoms with E-state index in [1.54, 1.807) is 18.3 Å². The van der Waals surface area contributed by atoms with Crippen LogP contribution in [0.1, 0.15) is 16.6 Å². The standard InChI is InChI=1S/C12H11BrN2O2S/c1-2-17-10-4-3-8(7-14-10)15-12(16)11-9(13)5-6-18-11/h3-7H,2H2,1H3,(H,15,16). The maximum Gasteiger partial charge on any atom is 0.266 e. The fourth-order valence-corrected chi connectivity index (χ4v) is 2.78. The number of thiophene rings is 1. The van der Waals surface area contributed by atoms with Crippen molar-refractivity contribution < 1.29 is 9.53 Å². The minimum Gasteiger partial charge on any atom is -0.478 e. The largest absolute Gasteiger partial charge is 0.478 e. The van der Waals surface area contributed by atoms with Crippen molar-refractivity contribution in [3.8, 4) is 5.88 Å². The summed E-state index contributed by atoms with van der Waals surface area (Å²) in [6.45, 7) is 2.46. The van der Waals surface area contributed by atoms with Crippen LogP contribution in [0.3, 0.4) is 0 Å². The second-order valence-electron chi connectivity index (χ2n) is 3.37. The van der Waals surface area contributed by atoms with E-state index in [0.717, 1.165) is 4.47 Å². The van der Waals surface area contributed by atoms with E-state index in [1.807, 2.05) is 18.4 Å². The fourth-order valence-electron chi connectivity index (χ4n) is 1.33. The number of halogens is 1. The molecule has 4 nitrogen and oxygen atoms in total. The van der Waals surface area contributed by atoms with Crippen LogP contribution in [0.15, 0.2) is 34.2 Å². The molecule has 0 unspecified atom stereocenters. The number of hydrogen-bond acceptors (Lipinski definition) is 4. The first-order valence-electron chi connectivity index (χ1n) is 5.34. The predicted molar refractivity (Wildman–Crippen MR) is 75.4 cm³/mol. The van der Waals surface area contributed by atoms with Gasteiger partial charge in [-0.1, -0.05) is 0 Å². The summed E-state index contributed by atoms with van der Waals surface area (Å²) in [6.07, 6.45) is 1.57. The monoisotopic (exact) mass is 326 g/mol. The zero-order valence-electron chi connectivity index (χ0n) is 9.64. The molecule has 0 saturated carbocycles. The number of nitrogens with one attached hydrogen (secondary N) is 1. The highest BCUT2D eigenvalue weighted by molar-refractivity contribution is 9.10.